The predicted octanol–water partition coefficient (Wildman–Crippen LogP) is 3.95. The van der Waals surface area contributed by atoms with Gasteiger partial charge in [0.15, 0.2) is 0 Å². The quantitative estimate of drug-likeness (QED) is 0.560. The topological polar surface area (TPSA) is 25.2 Å². The molecule has 0 amide bonds. The van der Waals surface area contributed by atoms with Crippen molar-refractivity contribution in [3.05, 3.63) is 43.5 Å². The van der Waals surface area contributed by atoms with E-state index in [4.69, 9.17) is 0 Å². The molecule has 0 unspecified atom stereocenters. The second-order valence-electron chi connectivity index (χ2n) is 3.89. The third-order valence-corrected chi connectivity index (χ3v) is 4.27. The summed E-state index contributed by atoms with van der Waals surface area (Å²) in [6.45, 7) is 0.0151. The molecule has 0 bridgehead atoms. The lowest BCUT2D eigenvalue weighted by Crippen LogP contribution is -1.95. The molecule has 17 heavy (non-hydrogen) atoms. The summed E-state index contributed by atoms with van der Waals surface area (Å²) in [5, 5.41) is 11.9. The maximum absolute atomic E-state index is 9.52. The van der Waals surface area contributed by atoms with Gasteiger partial charge >= 0.3 is 0 Å². The number of aliphatic hydroxyl groups is 1. The number of benzene rings is 2. The Balaban J connectivity index is 2.57. The van der Waals surface area contributed by atoms with E-state index in [0.29, 0.717) is 0 Å². The first-order valence-electron chi connectivity index (χ1n) is 5.18. The van der Waals surface area contributed by atoms with Crippen LogP contribution in [0.1, 0.15) is 0 Å². The molecule has 86 valence electrons. The standard InChI is InChI=1S/C13H9I2NO/c14-8-1-3-12-10(5-8)11-6-9(15)2-4-13(11)16(12)7-17/h1-6,17H,7H2. The maximum atomic E-state index is 9.52. The Bertz CT molecular complexity index is 659. The van der Waals surface area contributed by atoms with Gasteiger partial charge in [-0.1, -0.05) is 0 Å². The third kappa shape index (κ3) is 1.86. The summed E-state index contributed by atoms with van der Waals surface area (Å²) >= 11 is 4.63. The molecule has 2 aromatic carbocycles. The smallest absolute Gasteiger partial charge is 0.120 e. The van der Waals surface area contributed by atoms with E-state index < -0.39 is 0 Å². The van der Waals surface area contributed by atoms with Crippen LogP contribution in [-0.4, -0.2) is 9.67 Å². The Kier molecular flexibility index (Phi) is 3.04. The largest absolute Gasteiger partial charge is 0.376 e. The van der Waals surface area contributed by atoms with Gasteiger partial charge in [0, 0.05) is 17.9 Å². The molecule has 0 radical (unpaired) electrons. The van der Waals surface area contributed by atoms with Crippen LogP contribution in [0.15, 0.2) is 36.4 Å². The van der Waals surface area contributed by atoms with Crippen LogP contribution in [-0.2, 0) is 6.73 Å². The van der Waals surface area contributed by atoms with E-state index in [1.54, 1.807) is 0 Å². The zero-order chi connectivity index (χ0) is 12.0. The van der Waals surface area contributed by atoms with Crippen LogP contribution in [0.3, 0.4) is 0 Å². The van der Waals surface area contributed by atoms with Gasteiger partial charge in [0.2, 0.25) is 0 Å². The van der Waals surface area contributed by atoms with Crippen LogP contribution in [0.5, 0.6) is 0 Å². The number of nitrogens with zero attached hydrogens (tertiary/aromatic N) is 1. The lowest BCUT2D eigenvalue weighted by Gasteiger charge is -2.01. The molecule has 0 aliphatic rings. The van der Waals surface area contributed by atoms with E-state index in [1.165, 1.54) is 17.9 Å². The van der Waals surface area contributed by atoms with Crippen LogP contribution in [0, 0.1) is 7.14 Å². The van der Waals surface area contributed by atoms with Gasteiger partial charge < -0.3 is 9.67 Å². The molecule has 0 fully saturated rings. The number of rotatable bonds is 1. The summed E-state index contributed by atoms with van der Waals surface area (Å²) in [4.78, 5) is 0. The van der Waals surface area contributed by atoms with Crippen LogP contribution >= 0.6 is 45.2 Å². The molecule has 4 heteroatoms. The first kappa shape index (κ1) is 11.7. The first-order chi connectivity index (χ1) is 8.20. The molecule has 3 rings (SSSR count). The summed E-state index contributed by atoms with van der Waals surface area (Å²) < 4.78 is 4.37. The van der Waals surface area contributed by atoms with Gasteiger partial charge in [0.1, 0.15) is 6.73 Å². The van der Waals surface area contributed by atoms with E-state index in [1.807, 2.05) is 4.57 Å². The molecular formula is C13H9I2NO. The van der Waals surface area contributed by atoms with Crippen molar-refractivity contribution in [2.24, 2.45) is 0 Å². The van der Waals surface area contributed by atoms with Crippen LogP contribution < -0.4 is 0 Å². The summed E-state index contributed by atoms with van der Waals surface area (Å²) in [7, 11) is 0. The van der Waals surface area contributed by atoms with Crippen molar-refractivity contribution < 1.29 is 5.11 Å². The Morgan fingerprint density at radius 3 is 1.76 bits per heavy atom. The molecule has 2 nitrogen and oxygen atoms in total. The zero-order valence-corrected chi connectivity index (χ0v) is 13.1. The molecule has 0 saturated heterocycles. The fourth-order valence-corrected chi connectivity index (χ4v) is 3.18. The van der Waals surface area contributed by atoms with Crippen LogP contribution in [0.4, 0.5) is 0 Å². The second kappa shape index (κ2) is 4.40. The fourth-order valence-electron chi connectivity index (χ4n) is 2.20. The summed E-state index contributed by atoms with van der Waals surface area (Å²) in [6.07, 6.45) is 0. The highest BCUT2D eigenvalue weighted by molar-refractivity contribution is 14.1. The SMILES string of the molecule is OCn1c2ccc(I)cc2c2cc(I)ccc21. The molecular weight excluding hydrogens is 440 g/mol. The minimum atomic E-state index is 0.0151. The van der Waals surface area contributed by atoms with Crippen LogP contribution in [0.25, 0.3) is 21.8 Å². The van der Waals surface area contributed by atoms with Crippen molar-refractivity contribution in [2.45, 2.75) is 6.73 Å². The second-order valence-corrected chi connectivity index (χ2v) is 6.38. The van der Waals surface area contributed by atoms with Gasteiger partial charge in [-0.15, -0.1) is 0 Å². The molecule has 1 heterocycles. The molecule has 0 aliphatic carbocycles. The molecule has 0 saturated carbocycles. The number of fused-ring (bicyclic) bond motifs is 3. The normalized spacial score (nSPS) is 11.5. The van der Waals surface area contributed by atoms with E-state index in [-0.39, 0.29) is 6.73 Å². The number of aliphatic hydroxyl groups excluding tert-OH is 1. The summed E-state index contributed by atoms with van der Waals surface area (Å²) in [5.74, 6) is 0. The number of hydrogen-bond acceptors (Lipinski definition) is 1. The Hall–Kier alpha value is -0.340. The lowest BCUT2D eigenvalue weighted by atomic mass is 10.2. The molecule has 0 aliphatic heterocycles. The number of aromatic nitrogens is 1. The Morgan fingerprint density at radius 2 is 1.35 bits per heavy atom. The Labute approximate surface area is 126 Å². The van der Waals surface area contributed by atoms with Crippen LogP contribution in [0.2, 0.25) is 0 Å². The molecule has 0 spiro atoms. The minimum Gasteiger partial charge on any atom is -0.376 e. The van der Waals surface area contributed by atoms with Gasteiger partial charge in [-0.2, -0.15) is 0 Å². The number of halogens is 2. The van der Waals surface area contributed by atoms with E-state index >= 15 is 0 Å². The van der Waals surface area contributed by atoms with Crippen molar-refractivity contribution in [3.63, 3.8) is 0 Å². The lowest BCUT2D eigenvalue weighted by molar-refractivity contribution is 0.220. The van der Waals surface area contributed by atoms with Gasteiger partial charge in [-0.25, -0.2) is 0 Å². The predicted molar refractivity (Wildman–Crippen MR) is 87.1 cm³/mol. The van der Waals surface area contributed by atoms with E-state index in [2.05, 4.69) is 81.6 Å². The highest BCUT2D eigenvalue weighted by Crippen LogP contribution is 2.31. The highest BCUT2D eigenvalue weighted by atomic mass is 127. The summed E-state index contributed by atoms with van der Waals surface area (Å²) in [6, 6.07) is 12.6. The average Bonchev–Trinajstić information content (AvgIpc) is 2.62. The number of hydrogen-bond donors (Lipinski definition) is 1. The van der Waals surface area contributed by atoms with Crippen molar-refractivity contribution >= 4 is 67.0 Å². The molecule has 1 aromatic heterocycles. The minimum absolute atomic E-state index is 0.0151. The average molecular weight is 449 g/mol. The highest BCUT2D eigenvalue weighted by Gasteiger charge is 2.10. The monoisotopic (exact) mass is 449 g/mol. The van der Waals surface area contributed by atoms with Crippen molar-refractivity contribution in [2.75, 3.05) is 0 Å². The van der Waals surface area contributed by atoms with Gasteiger partial charge in [-0.05, 0) is 81.6 Å². The van der Waals surface area contributed by atoms with Crippen molar-refractivity contribution in [3.8, 4) is 0 Å². The van der Waals surface area contributed by atoms with E-state index in [9.17, 15) is 5.11 Å². The zero-order valence-electron chi connectivity index (χ0n) is 8.82. The van der Waals surface area contributed by atoms with Gasteiger partial charge in [0.05, 0.1) is 11.0 Å². The van der Waals surface area contributed by atoms with Crippen molar-refractivity contribution in [1.29, 1.82) is 0 Å². The van der Waals surface area contributed by atoms with Crippen molar-refractivity contribution in [1.82, 2.24) is 4.57 Å². The van der Waals surface area contributed by atoms with E-state index in [0.717, 1.165) is 11.0 Å². The fraction of sp³-hybridized carbons (Fsp3) is 0.0769. The molecule has 0 atom stereocenters. The van der Waals surface area contributed by atoms with Gasteiger partial charge in [0.25, 0.3) is 0 Å². The third-order valence-electron chi connectivity index (χ3n) is 2.93. The molecule has 3 aromatic rings. The van der Waals surface area contributed by atoms with Gasteiger partial charge in [-0.3, -0.25) is 0 Å². The first-order valence-corrected chi connectivity index (χ1v) is 7.34. The molecule has 1 N–H and O–H groups in total. The maximum Gasteiger partial charge on any atom is 0.120 e. The summed E-state index contributed by atoms with van der Waals surface area (Å²) in [5.41, 5.74) is 2.18. The Morgan fingerprint density at radius 1 is 0.882 bits per heavy atom.